The van der Waals surface area contributed by atoms with Gasteiger partial charge in [-0.1, -0.05) is 12.8 Å². The molecule has 1 saturated heterocycles. The first-order valence-corrected chi connectivity index (χ1v) is 8.74. The summed E-state index contributed by atoms with van der Waals surface area (Å²) < 4.78 is 7.54. The van der Waals surface area contributed by atoms with Gasteiger partial charge in [-0.05, 0) is 43.2 Å². The first-order chi connectivity index (χ1) is 12.2. The van der Waals surface area contributed by atoms with E-state index in [2.05, 4.69) is 10.3 Å². The molecule has 1 aliphatic heterocycles. The van der Waals surface area contributed by atoms with Gasteiger partial charge in [0.1, 0.15) is 5.76 Å². The van der Waals surface area contributed by atoms with Crippen LogP contribution in [-0.4, -0.2) is 27.0 Å². The van der Waals surface area contributed by atoms with Gasteiger partial charge in [-0.15, -0.1) is 0 Å². The normalized spacial score (nSPS) is 18.3. The SMILES string of the molecule is Cn1cnc2ccc(NC(=O)N3CCCCC[C@@H]3c3ccco3)cc21. The predicted molar refractivity (Wildman–Crippen MR) is 96.4 cm³/mol. The molecule has 6 heteroatoms. The Morgan fingerprint density at radius 3 is 3.04 bits per heavy atom. The van der Waals surface area contributed by atoms with Gasteiger partial charge in [0.2, 0.25) is 0 Å². The Hall–Kier alpha value is -2.76. The Kier molecular flexibility index (Phi) is 4.17. The molecule has 0 radical (unpaired) electrons. The van der Waals surface area contributed by atoms with Crippen LogP contribution in [0.25, 0.3) is 11.0 Å². The highest BCUT2D eigenvalue weighted by Crippen LogP contribution is 2.31. The molecule has 4 rings (SSSR count). The number of benzene rings is 1. The monoisotopic (exact) mass is 338 g/mol. The van der Waals surface area contributed by atoms with Crippen LogP contribution in [0.15, 0.2) is 47.3 Å². The molecule has 0 aliphatic carbocycles. The number of hydrogen-bond acceptors (Lipinski definition) is 3. The lowest BCUT2D eigenvalue weighted by Gasteiger charge is -2.28. The minimum absolute atomic E-state index is 0.00191. The summed E-state index contributed by atoms with van der Waals surface area (Å²) in [6.45, 7) is 0.741. The number of nitrogens with zero attached hydrogens (tertiary/aromatic N) is 3. The lowest BCUT2D eigenvalue weighted by atomic mass is 10.1. The lowest BCUT2D eigenvalue weighted by Crippen LogP contribution is -2.37. The number of fused-ring (bicyclic) bond motifs is 1. The van der Waals surface area contributed by atoms with Gasteiger partial charge in [-0.3, -0.25) is 0 Å². The van der Waals surface area contributed by atoms with E-state index in [9.17, 15) is 4.79 Å². The Bertz CT molecular complexity index is 869. The Morgan fingerprint density at radius 2 is 2.20 bits per heavy atom. The van der Waals surface area contributed by atoms with Crippen molar-refractivity contribution < 1.29 is 9.21 Å². The molecule has 25 heavy (non-hydrogen) atoms. The number of anilines is 1. The summed E-state index contributed by atoms with van der Waals surface area (Å²) in [5, 5.41) is 3.04. The number of nitrogens with one attached hydrogen (secondary N) is 1. The number of aromatic nitrogens is 2. The fraction of sp³-hybridized carbons (Fsp3) is 0.368. The predicted octanol–water partition coefficient (Wildman–Crippen LogP) is 4.32. The molecule has 3 heterocycles. The molecule has 1 aromatic carbocycles. The van der Waals surface area contributed by atoms with E-state index in [-0.39, 0.29) is 12.1 Å². The average molecular weight is 338 g/mol. The number of rotatable bonds is 2. The van der Waals surface area contributed by atoms with E-state index in [0.29, 0.717) is 0 Å². The number of aryl methyl sites for hydroxylation is 1. The molecule has 6 nitrogen and oxygen atoms in total. The summed E-state index contributed by atoms with van der Waals surface area (Å²) in [4.78, 5) is 19.2. The zero-order valence-corrected chi connectivity index (χ0v) is 14.3. The Labute approximate surface area is 146 Å². The molecule has 1 N–H and O–H groups in total. The highest BCUT2D eigenvalue weighted by atomic mass is 16.3. The molecule has 130 valence electrons. The van der Waals surface area contributed by atoms with Gasteiger partial charge in [0.15, 0.2) is 0 Å². The molecule has 1 atom stereocenters. The fourth-order valence-corrected chi connectivity index (χ4v) is 3.53. The number of carbonyl (C=O) groups excluding carboxylic acids is 1. The van der Waals surface area contributed by atoms with Crippen molar-refractivity contribution in [2.75, 3.05) is 11.9 Å². The summed E-state index contributed by atoms with van der Waals surface area (Å²) in [6.07, 6.45) is 7.65. The van der Waals surface area contributed by atoms with Crippen LogP contribution < -0.4 is 5.32 Å². The third-order valence-electron chi connectivity index (χ3n) is 4.86. The van der Waals surface area contributed by atoms with Gasteiger partial charge in [0.05, 0.1) is 29.7 Å². The second-order valence-corrected chi connectivity index (χ2v) is 6.56. The lowest BCUT2D eigenvalue weighted by molar-refractivity contribution is 0.179. The van der Waals surface area contributed by atoms with E-state index in [1.54, 1.807) is 12.6 Å². The van der Waals surface area contributed by atoms with Crippen molar-refractivity contribution in [2.45, 2.75) is 31.7 Å². The molecule has 1 fully saturated rings. The molecule has 0 spiro atoms. The number of carbonyl (C=O) groups is 1. The second kappa shape index (κ2) is 6.63. The molecule has 0 bridgehead atoms. The van der Waals surface area contributed by atoms with E-state index in [1.807, 2.05) is 46.8 Å². The molecular formula is C19H22N4O2. The number of furan rings is 1. The van der Waals surface area contributed by atoms with Crippen molar-refractivity contribution in [1.29, 1.82) is 0 Å². The van der Waals surface area contributed by atoms with Crippen molar-refractivity contribution in [2.24, 2.45) is 7.05 Å². The first kappa shape index (κ1) is 15.7. The maximum absolute atomic E-state index is 12.9. The summed E-state index contributed by atoms with van der Waals surface area (Å²) in [7, 11) is 1.95. The van der Waals surface area contributed by atoms with Crippen LogP contribution in [0.3, 0.4) is 0 Å². The van der Waals surface area contributed by atoms with Crippen molar-refractivity contribution in [3.63, 3.8) is 0 Å². The maximum Gasteiger partial charge on any atom is 0.322 e. The topological polar surface area (TPSA) is 63.3 Å². The highest BCUT2D eigenvalue weighted by molar-refractivity contribution is 5.92. The van der Waals surface area contributed by atoms with Crippen molar-refractivity contribution in [3.8, 4) is 0 Å². The summed E-state index contributed by atoms with van der Waals surface area (Å²) in [5.41, 5.74) is 2.70. The fourth-order valence-electron chi connectivity index (χ4n) is 3.53. The Morgan fingerprint density at radius 1 is 1.28 bits per heavy atom. The number of amides is 2. The maximum atomic E-state index is 12.9. The molecule has 0 saturated carbocycles. The Balaban J connectivity index is 1.57. The molecule has 1 aliphatic rings. The molecule has 2 aromatic heterocycles. The van der Waals surface area contributed by atoms with Gasteiger partial charge >= 0.3 is 6.03 Å². The molecule has 0 unspecified atom stereocenters. The highest BCUT2D eigenvalue weighted by Gasteiger charge is 2.28. The zero-order valence-electron chi connectivity index (χ0n) is 14.3. The summed E-state index contributed by atoms with van der Waals surface area (Å²) in [6, 6.07) is 9.54. The van der Waals surface area contributed by atoms with Gasteiger partial charge < -0.3 is 19.2 Å². The summed E-state index contributed by atoms with van der Waals surface area (Å²) in [5.74, 6) is 0.860. The van der Waals surface area contributed by atoms with E-state index in [0.717, 1.165) is 54.7 Å². The van der Waals surface area contributed by atoms with Crippen LogP contribution in [0.1, 0.15) is 37.5 Å². The largest absolute Gasteiger partial charge is 0.467 e. The number of likely N-dealkylation sites (tertiary alicyclic amines) is 1. The number of urea groups is 1. The minimum atomic E-state index is -0.0789. The van der Waals surface area contributed by atoms with Gasteiger partial charge in [0.25, 0.3) is 0 Å². The standard InChI is InChI=1S/C19H22N4O2/c1-22-13-20-15-9-8-14(12-17(15)22)21-19(24)23-10-4-2-3-6-16(23)18-7-5-11-25-18/h5,7-9,11-13,16H,2-4,6,10H2,1H3,(H,21,24)/t16-/m1/s1. The van der Waals surface area contributed by atoms with Crippen molar-refractivity contribution in [1.82, 2.24) is 14.5 Å². The zero-order chi connectivity index (χ0) is 17.2. The van der Waals surface area contributed by atoms with Crippen LogP contribution in [0.4, 0.5) is 10.5 Å². The van der Waals surface area contributed by atoms with E-state index in [4.69, 9.17) is 4.42 Å². The number of imidazole rings is 1. The van der Waals surface area contributed by atoms with Crippen LogP contribution in [0.2, 0.25) is 0 Å². The van der Waals surface area contributed by atoms with Crippen molar-refractivity contribution >= 4 is 22.8 Å². The molecule has 3 aromatic rings. The average Bonchev–Trinajstić information content (AvgIpc) is 3.19. The van der Waals surface area contributed by atoms with Crippen LogP contribution in [0, 0.1) is 0 Å². The van der Waals surface area contributed by atoms with Crippen LogP contribution in [0.5, 0.6) is 0 Å². The third kappa shape index (κ3) is 3.12. The van der Waals surface area contributed by atoms with Crippen molar-refractivity contribution in [3.05, 3.63) is 48.7 Å². The third-order valence-corrected chi connectivity index (χ3v) is 4.86. The van der Waals surface area contributed by atoms with E-state index in [1.165, 1.54) is 0 Å². The van der Waals surface area contributed by atoms with E-state index >= 15 is 0 Å². The second-order valence-electron chi connectivity index (χ2n) is 6.56. The van der Waals surface area contributed by atoms with Gasteiger partial charge in [-0.2, -0.15) is 0 Å². The number of hydrogen-bond donors (Lipinski definition) is 1. The van der Waals surface area contributed by atoms with Gasteiger partial charge in [0, 0.05) is 19.3 Å². The quantitative estimate of drug-likeness (QED) is 0.757. The van der Waals surface area contributed by atoms with Gasteiger partial charge in [-0.25, -0.2) is 9.78 Å². The van der Waals surface area contributed by atoms with E-state index < -0.39 is 0 Å². The molecular weight excluding hydrogens is 316 g/mol. The first-order valence-electron chi connectivity index (χ1n) is 8.74. The molecule has 2 amide bonds. The van der Waals surface area contributed by atoms with Crippen LogP contribution in [-0.2, 0) is 7.05 Å². The van der Waals surface area contributed by atoms with Crippen LogP contribution >= 0.6 is 0 Å². The smallest absolute Gasteiger partial charge is 0.322 e. The summed E-state index contributed by atoms with van der Waals surface area (Å²) >= 11 is 0. The minimum Gasteiger partial charge on any atom is -0.467 e.